The number of benzene rings is 18. The van der Waals surface area contributed by atoms with E-state index in [9.17, 15) is 0 Å². The number of hydrogen-bond acceptors (Lipinski definition) is 6. The summed E-state index contributed by atoms with van der Waals surface area (Å²) in [7, 11) is 0. The second-order valence-electron chi connectivity index (χ2n) is 32.0. The molecule has 18 aromatic carbocycles. The average molecular weight is 1720 g/mol. The minimum Gasteiger partial charge on any atom is -0.354 e. The first-order valence-corrected chi connectivity index (χ1v) is 44.0. The van der Waals surface area contributed by atoms with Gasteiger partial charge in [0.25, 0.3) is 0 Å². The highest BCUT2D eigenvalue weighted by molar-refractivity contribution is 9.10. The van der Waals surface area contributed by atoms with E-state index in [4.69, 9.17) is 29.9 Å². The molecule has 6 aromatic heterocycles. The van der Waals surface area contributed by atoms with Gasteiger partial charge in [0.05, 0.1) is 27.6 Å². The third kappa shape index (κ3) is 15.8. The van der Waals surface area contributed by atoms with Crippen molar-refractivity contribution in [1.82, 2.24) is 48.6 Å². The zero-order valence-electron chi connectivity index (χ0n) is 69.9. The molecule has 0 unspecified atom stereocenters. The molecule has 0 atom stereocenters. The number of rotatable bonds is 15. The number of para-hydroxylation sites is 2. The van der Waals surface area contributed by atoms with Crippen molar-refractivity contribution in [1.29, 1.82) is 0 Å². The largest absolute Gasteiger partial charge is 0.354 e. The van der Waals surface area contributed by atoms with Crippen LogP contribution in [0.2, 0.25) is 0 Å². The molecule has 6 heterocycles. The van der Waals surface area contributed by atoms with Gasteiger partial charge in [0.1, 0.15) is 0 Å². The van der Waals surface area contributed by atoms with Gasteiger partial charge in [-0.25, -0.2) is 29.9 Å². The molecule has 0 bridgehead atoms. The monoisotopic (exact) mass is 1710 g/mol. The minimum atomic E-state index is 0.608. The van der Waals surface area contributed by atoms with Crippen molar-refractivity contribution in [3.63, 3.8) is 0 Å². The van der Waals surface area contributed by atoms with Crippen LogP contribution in [0.5, 0.6) is 0 Å². The molecule has 24 rings (SSSR count). The molecule has 0 saturated heterocycles. The molecule has 0 aliphatic carbocycles. The molecule has 10 nitrogen and oxygen atoms in total. The Kier molecular flexibility index (Phi) is 21.0. The Morgan fingerprint density at radius 3 is 0.860 bits per heavy atom. The van der Waals surface area contributed by atoms with Crippen molar-refractivity contribution in [3.8, 4) is 152 Å². The summed E-state index contributed by atoms with van der Waals surface area (Å²) in [5, 5.41) is 7.31. The van der Waals surface area contributed by atoms with Crippen LogP contribution in [0.15, 0.2) is 478 Å². The molecule has 24 aromatic rings. The molecule has 0 aliphatic heterocycles. The number of fused-ring (bicyclic) bond motifs is 10. The van der Waals surface area contributed by atoms with Crippen molar-refractivity contribution in [2.24, 2.45) is 0 Å². The van der Waals surface area contributed by atoms with Crippen LogP contribution < -0.4 is 0 Å². The number of halogens is 1. The molecule has 1 N–H and O–H groups in total. The van der Waals surface area contributed by atoms with E-state index in [1.165, 1.54) is 88.0 Å². The van der Waals surface area contributed by atoms with Gasteiger partial charge in [-0.3, -0.25) is 0 Å². The summed E-state index contributed by atoms with van der Waals surface area (Å²) >= 11 is 3.66. The first kappa shape index (κ1) is 78.1. The van der Waals surface area contributed by atoms with Crippen molar-refractivity contribution in [2.75, 3.05) is 0 Å². The summed E-state index contributed by atoms with van der Waals surface area (Å²) in [6, 6.07) is 161. The predicted molar refractivity (Wildman–Crippen MR) is 536 cm³/mol. The van der Waals surface area contributed by atoms with Crippen LogP contribution in [0.3, 0.4) is 0 Å². The number of aromatic nitrogens is 10. The van der Waals surface area contributed by atoms with Gasteiger partial charge in [0, 0.05) is 105 Å². The second-order valence-corrected chi connectivity index (χ2v) is 32.9. The Morgan fingerprint density at radius 1 is 0.186 bits per heavy atom. The normalized spacial score (nSPS) is 11.3. The quantitative estimate of drug-likeness (QED) is 0.110. The number of nitrogens with zero attached hydrogens (tertiary/aromatic N) is 9. The fraction of sp³-hybridized carbons (Fsp3) is 0. The van der Waals surface area contributed by atoms with Crippen LogP contribution in [0, 0.1) is 0 Å². The second kappa shape index (κ2) is 34.7. The van der Waals surface area contributed by atoms with Gasteiger partial charge in [-0.15, -0.1) is 0 Å². The zero-order chi connectivity index (χ0) is 85.9. The van der Waals surface area contributed by atoms with Crippen LogP contribution in [0.25, 0.3) is 218 Å². The Morgan fingerprint density at radius 2 is 0.465 bits per heavy atom. The topological polar surface area (TPSA) is 108 Å². The van der Waals surface area contributed by atoms with Gasteiger partial charge in [0.2, 0.25) is 0 Å². The van der Waals surface area contributed by atoms with Gasteiger partial charge < -0.3 is 18.7 Å². The summed E-state index contributed by atoms with van der Waals surface area (Å²) < 4.78 is 8.05. The summed E-state index contributed by atoms with van der Waals surface area (Å²) in [6.07, 6.45) is 4.41. The molecule has 0 saturated carbocycles. The van der Waals surface area contributed by atoms with E-state index in [0.717, 1.165) is 99.1 Å². The lowest BCUT2D eigenvalue weighted by molar-refractivity contribution is 1.07. The van der Waals surface area contributed by atoms with Crippen molar-refractivity contribution in [3.05, 3.63) is 478 Å². The van der Waals surface area contributed by atoms with Crippen molar-refractivity contribution in [2.45, 2.75) is 0 Å². The molecular weight excluding hydrogens is 1640 g/mol. The maximum absolute atomic E-state index is 5.19. The smallest absolute Gasteiger partial charge is 0.164 e. The van der Waals surface area contributed by atoms with Gasteiger partial charge in [-0.1, -0.05) is 368 Å². The highest BCUT2D eigenvalue weighted by Gasteiger charge is 2.23. The van der Waals surface area contributed by atoms with Crippen LogP contribution in [-0.4, -0.2) is 48.6 Å². The lowest BCUT2D eigenvalue weighted by Gasteiger charge is -2.15. The SMILES string of the molecule is Brc1cc(-c2ccccc2)cc(-c2nc(-c3ccccc3)nc(-c3ccccc3)n2)c1.c1ccc(-c2cc(-c3ccccc3)cc(-n3ccc4c3ccc3c5ccccc5n(-c5cc(-c6ccccc6)cc(-c6nc(-c7ccccc7)nc(-c7ccccc7)n6)c5)c34)c2)cc1.c1ccc(-c2cc(-c3ccccc3)cc(-n3ccc4c5[nH]c6ccccc6c5ccc43)c2)cc1. The van der Waals surface area contributed by atoms with E-state index in [1.54, 1.807) is 0 Å². The Labute approximate surface area is 754 Å². The molecule has 11 heteroatoms. The van der Waals surface area contributed by atoms with Gasteiger partial charge in [0.15, 0.2) is 34.9 Å². The first-order chi connectivity index (χ1) is 63.8. The standard InChI is InChI=1S/C59H39N5.C32H22N2.C27H18BrN3/c1-6-18-40(19-7-1)45-34-46(41-20-8-2-9-21-41)37-49(36-45)63-33-32-53-54(63)31-30-52-51-28-16-17-29-55(51)64(56(52)53)50-38-47(42-22-10-3-11-23-42)35-48(39-50)59-61-57(43-24-12-4-13-25-43)60-58(62-59)44-26-14-5-15-27-44;1-3-9-22(10-4-1)24-19-25(23-11-5-2-6-12-23)21-26(20-24)34-18-17-29-31(34)16-15-28-27-13-7-8-14-30(27)33-32(28)29;28-24-17-22(19-10-4-1-5-11-19)16-23(18-24)27-30-25(20-12-6-2-7-13-20)29-26(31-27)21-14-8-3-9-15-21/h1-39H;1-21,33H;1-18H. The van der Waals surface area contributed by atoms with E-state index >= 15 is 0 Å². The molecule has 129 heavy (non-hydrogen) atoms. The third-order valence-electron chi connectivity index (χ3n) is 23.9. The molecule has 0 aliphatic rings. The van der Waals surface area contributed by atoms with Gasteiger partial charge in [-0.05, 0) is 176 Å². The van der Waals surface area contributed by atoms with E-state index in [0.29, 0.717) is 34.9 Å². The van der Waals surface area contributed by atoms with E-state index in [-0.39, 0.29) is 0 Å². The van der Waals surface area contributed by atoms with Crippen LogP contribution >= 0.6 is 15.9 Å². The maximum atomic E-state index is 5.19. The molecule has 0 spiro atoms. The summed E-state index contributed by atoms with van der Waals surface area (Å²) in [4.78, 5) is 33.5. The average Bonchev–Trinajstić information content (AvgIpc) is 1.61. The van der Waals surface area contributed by atoms with Crippen molar-refractivity contribution < 1.29 is 0 Å². The molecule has 0 radical (unpaired) electrons. The fourth-order valence-electron chi connectivity index (χ4n) is 17.7. The summed E-state index contributed by atoms with van der Waals surface area (Å²) in [5.41, 5.74) is 29.8. The molecule has 608 valence electrons. The molecule has 0 fully saturated rings. The number of nitrogens with one attached hydrogen (secondary N) is 1. The molecular formula is C118H79BrN10. The summed E-state index contributed by atoms with van der Waals surface area (Å²) in [6.45, 7) is 0. The highest BCUT2D eigenvalue weighted by Crippen LogP contribution is 2.43. The highest BCUT2D eigenvalue weighted by atomic mass is 79.9. The first-order valence-electron chi connectivity index (χ1n) is 43.2. The maximum Gasteiger partial charge on any atom is 0.164 e. The lowest BCUT2D eigenvalue weighted by atomic mass is 9.98. The molecule has 0 amide bonds. The number of aromatic amines is 1. The predicted octanol–water partition coefficient (Wildman–Crippen LogP) is 30.8. The minimum absolute atomic E-state index is 0.608. The zero-order valence-corrected chi connectivity index (χ0v) is 71.5. The van der Waals surface area contributed by atoms with Crippen LogP contribution in [0.1, 0.15) is 0 Å². The number of hydrogen-bond donors (Lipinski definition) is 1. The van der Waals surface area contributed by atoms with E-state index in [2.05, 4.69) is 387 Å². The third-order valence-corrected chi connectivity index (χ3v) is 24.3. The van der Waals surface area contributed by atoms with Gasteiger partial charge in [-0.2, -0.15) is 0 Å². The Balaban J connectivity index is 0.000000126. The van der Waals surface area contributed by atoms with Crippen LogP contribution in [-0.2, 0) is 0 Å². The Bertz CT molecular complexity index is 7960. The van der Waals surface area contributed by atoms with E-state index in [1.807, 2.05) is 121 Å². The van der Waals surface area contributed by atoms with E-state index < -0.39 is 0 Å². The Hall–Kier alpha value is -16.9. The van der Waals surface area contributed by atoms with Crippen molar-refractivity contribution >= 4 is 81.3 Å². The fourth-order valence-corrected chi connectivity index (χ4v) is 18.2. The number of H-pyrrole nitrogens is 1. The van der Waals surface area contributed by atoms with Crippen LogP contribution in [0.4, 0.5) is 0 Å². The summed E-state index contributed by atoms with van der Waals surface area (Å²) in [5.74, 6) is 3.82. The van der Waals surface area contributed by atoms with Gasteiger partial charge >= 0.3 is 0 Å². The lowest BCUT2D eigenvalue weighted by Crippen LogP contribution is -2.02.